The lowest BCUT2D eigenvalue weighted by Gasteiger charge is -2.21. The first-order valence-electron chi connectivity index (χ1n) is 10.9. The van der Waals surface area contributed by atoms with Gasteiger partial charge in [-0.3, -0.25) is 10.1 Å². The van der Waals surface area contributed by atoms with Crippen LogP contribution in [0.3, 0.4) is 0 Å². The predicted molar refractivity (Wildman–Crippen MR) is 128 cm³/mol. The Hall–Kier alpha value is -3.37. The van der Waals surface area contributed by atoms with Gasteiger partial charge in [-0.25, -0.2) is 19.6 Å². The molecule has 2 amide bonds. The number of hydrogen-bond acceptors (Lipinski definition) is 8. The van der Waals surface area contributed by atoms with E-state index in [9.17, 15) is 14.4 Å². The number of ether oxygens (including phenoxy) is 3. The number of esters is 1. The highest BCUT2D eigenvalue weighted by molar-refractivity contribution is 6.02. The van der Waals surface area contributed by atoms with Crippen LogP contribution in [0.2, 0.25) is 0 Å². The number of guanidine groups is 1. The van der Waals surface area contributed by atoms with Gasteiger partial charge in [0.25, 0.3) is 0 Å². The quantitative estimate of drug-likeness (QED) is 0.251. The molecule has 34 heavy (non-hydrogen) atoms. The summed E-state index contributed by atoms with van der Waals surface area (Å²) in [5.74, 6) is -0.249. The number of carbonyl (C=O) groups is 3. The SMILES string of the molecule is CC(C)(C)OC(=O)CN=C(NC(=O)OC(C)(C)C)Nc1ccc(CNC(=O)OC(C)(C)C)cn1. The van der Waals surface area contributed by atoms with Crippen LogP contribution < -0.4 is 16.0 Å². The molecule has 1 rings (SSSR count). The van der Waals surface area contributed by atoms with E-state index in [-0.39, 0.29) is 19.0 Å². The lowest BCUT2D eigenvalue weighted by atomic mass is 10.2. The summed E-state index contributed by atoms with van der Waals surface area (Å²) in [5, 5.41) is 7.96. The van der Waals surface area contributed by atoms with E-state index in [1.54, 1.807) is 80.6 Å². The number of anilines is 1. The number of rotatable bonds is 5. The summed E-state index contributed by atoms with van der Waals surface area (Å²) in [6, 6.07) is 3.36. The molecule has 0 saturated carbocycles. The molecule has 11 nitrogen and oxygen atoms in total. The van der Waals surface area contributed by atoms with Gasteiger partial charge < -0.3 is 24.8 Å². The molecule has 0 aromatic carbocycles. The molecular weight excluding hydrogens is 442 g/mol. The molecule has 190 valence electrons. The Labute approximate surface area is 201 Å². The van der Waals surface area contributed by atoms with Crippen LogP contribution in [-0.2, 0) is 25.5 Å². The van der Waals surface area contributed by atoms with E-state index >= 15 is 0 Å². The van der Waals surface area contributed by atoms with E-state index in [4.69, 9.17) is 14.2 Å². The molecule has 0 atom stereocenters. The van der Waals surface area contributed by atoms with Crippen LogP contribution in [0, 0.1) is 0 Å². The highest BCUT2D eigenvalue weighted by atomic mass is 16.6. The third-order valence-electron chi connectivity index (χ3n) is 3.31. The second-order valence-corrected chi connectivity index (χ2v) is 10.4. The lowest BCUT2D eigenvalue weighted by Crippen LogP contribution is -2.40. The number of carbonyl (C=O) groups excluding carboxylic acids is 3. The summed E-state index contributed by atoms with van der Waals surface area (Å²) in [6.45, 7) is 15.6. The monoisotopic (exact) mass is 479 g/mol. The van der Waals surface area contributed by atoms with Crippen LogP contribution in [0.1, 0.15) is 67.9 Å². The van der Waals surface area contributed by atoms with E-state index in [1.165, 1.54) is 0 Å². The Morgan fingerprint density at radius 1 is 0.853 bits per heavy atom. The molecule has 0 bridgehead atoms. The fourth-order valence-corrected chi connectivity index (χ4v) is 2.24. The van der Waals surface area contributed by atoms with Crippen molar-refractivity contribution in [1.29, 1.82) is 0 Å². The Morgan fingerprint density at radius 3 is 1.91 bits per heavy atom. The highest BCUT2D eigenvalue weighted by Gasteiger charge is 2.20. The molecule has 0 aliphatic carbocycles. The smallest absolute Gasteiger partial charge is 0.414 e. The topological polar surface area (TPSA) is 140 Å². The molecule has 1 aromatic rings. The molecule has 1 heterocycles. The van der Waals surface area contributed by atoms with E-state index < -0.39 is 35.0 Å². The van der Waals surface area contributed by atoms with Gasteiger partial charge in [0.05, 0.1) is 0 Å². The molecular formula is C23H37N5O6. The van der Waals surface area contributed by atoms with Crippen molar-refractivity contribution in [1.82, 2.24) is 15.6 Å². The summed E-state index contributed by atoms with van der Waals surface area (Å²) in [6.07, 6.45) is 0.257. The van der Waals surface area contributed by atoms with Crippen molar-refractivity contribution in [3.05, 3.63) is 23.9 Å². The molecule has 1 aromatic heterocycles. The van der Waals surface area contributed by atoms with Crippen LogP contribution >= 0.6 is 0 Å². The first-order valence-corrected chi connectivity index (χ1v) is 10.9. The number of nitrogens with one attached hydrogen (secondary N) is 3. The van der Waals surface area contributed by atoms with E-state index in [1.807, 2.05) is 0 Å². The third kappa shape index (κ3) is 13.9. The fourth-order valence-electron chi connectivity index (χ4n) is 2.24. The maximum absolute atomic E-state index is 12.2. The zero-order valence-corrected chi connectivity index (χ0v) is 21.5. The minimum atomic E-state index is -0.749. The number of nitrogens with zero attached hydrogens (tertiary/aromatic N) is 2. The van der Waals surface area contributed by atoms with Crippen LogP contribution in [0.4, 0.5) is 15.4 Å². The van der Waals surface area contributed by atoms with Crippen molar-refractivity contribution in [2.24, 2.45) is 4.99 Å². The second-order valence-electron chi connectivity index (χ2n) is 10.4. The number of amides is 2. The first-order chi connectivity index (χ1) is 15.4. The number of hydrogen-bond donors (Lipinski definition) is 3. The third-order valence-corrected chi connectivity index (χ3v) is 3.31. The fraction of sp³-hybridized carbons (Fsp3) is 0.609. The number of aromatic nitrogens is 1. The van der Waals surface area contributed by atoms with Gasteiger partial charge in [-0.15, -0.1) is 0 Å². The van der Waals surface area contributed by atoms with Gasteiger partial charge in [0, 0.05) is 12.7 Å². The lowest BCUT2D eigenvalue weighted by molar-refractivity contribution is -0.152. The second kappa shape index (κ2) is 11.7. The Kier molecular flexibility index (Phi) is 9.83. The van der Waals surface area contributed by atoms with Gasteiger partial charge in [0.15, 0.2) is 0 Å². The summed E-state index contributed by atoms with van der Waals surface area (Å²) >= 11 is 0. The summed E-state index contributed by atoms with van der Waals surface area (Å²) in [4.78, 5) is 44.3. The zero-order chi connectivity index (χ0) is 26.2. The normalized spacial score (nSPS) is 12.4. The van der Waals surface area contributed by atoms with E-state index in [0.29, 0.717) is 5.82 Å². The molecule has 11 heteroatoms. The van der Waals surface area contributed by atoms with Crippen LogP contribution in [0.5, 0.6) is 0 Å². The molecule has 0 saturated heterocycles. The maximum Gasteiger partial charge on any atom is 0.414 e. The van der Waals surface area contributed by atoms with Crippen molar-refractivity contribution in [2.45, 2.75) is 85.7 Å². The molecule has 0 fully saturated rings. The summed E-state index contributed by atoms with van der Waals surface area (Å²) in [7, 11) is 0. The molecule has 3 N–H and O–H groups in total. The van der Waals surface area contributed by atoms with Crippen molar-refractivity contribution < 1.29 is 28.6 Å². The average molecular weight is 480 g/mol. The zero-order valence-electron chi connectivity index (χ0n) is 21.5. The molecule has 0 radical (unpaired) electrons. The van der Waals surface area contributed by atoms with Gasteiger partial charge in [-0.1, -0.05) is 6.07 Å². The van der Waals surface area contributed by atoms with E-state index in [0.717, 1.165) is 5.56 Å². The number of aliphatic imine (C=N–C) groups is 1. The molecule has 0 aliphatic rings. The van der Waals surface area contributed by atoms with Crippen LogP contribution in [0.25, 0.3) is 0 Å². The molecule has 0 spiro atoms. The van der Waals surface area contributed by atoms with Crippen LogP contribution in [-0.4, -0.2) is 52.4 Å². The minimum absolute atomic E-state index is 0.0350. The predicted octanol–water partition coefficient (Wildman–Crippen LogP) is 3.74. The van der Waals surface area contributed by atoms with E-state index in [2.05, 4.69) is 25.9 Å². The first kappa shape index (κ1) is 28.7. The average Bonchev–Trinajstić information content (AvgIpc) is 2.61. The van der Waals surface area contributed by atoms with Gasteiger partial charge in [-0.05, 0) is 73.9 Å². The van der Waals surface area contributed by atoms with Crippen molar-refractivity contribution in [3.63, 3.8) is 0 Å². The van der Waals surface area contributed by atoms with Crippen molar-refractivity contribution in [2.75, 3.05) is 11.9 Å². The maximum atomic E-state index is 12.2. The largest absolute Gasteiger partial charge is 0.459 e. The van der Waals surface area contributed by atoms with Gasteiger partial charge in [-0.2, -0.15) is 0 Å². The number of alkyl carbamates (subject to hydrolysis) is 2. The Morgan fingerprint density at radius 2 is 1.41 bits per heavy atom. The van der Waals surface area contributed by atoms with Crippen LogP contribution in [0.15, 0.2) is 23.3 Å². The van der Waals surface area contributed by atoms with Crippen molar-refractivity contribution >= 4 is 29.9 Å². The Balaban J connectivity index is 2.84. The molecule has 0 unspecified atom stereocenters. The van der Waals surface area contributed by atoms with Gasteiger partial charge >= 0.3 is 18.2 Å². The van der Waals surface area contributed by atoms with Gasteiger partial charge in [0.1, 0.15) is 29.2 Å². The number of pyridine rings is 1. The van der Waals surface area contributed by atoms with Gasteiger partial charge in [0.2, 0.25) is 5.96 Å². The summed E-state index contributed by atoms with van der Waals surface area (Å²) in [5.41, 5.74) is -1.25. The minimum Gasteiger partial charge on any atom is -0.459 e. The molecule has 0 aliphatic heterocycles. The summed E-state index contributed by atoms with van der Waals surface area (Å²) < 4.78 is 15.7. The highest BCUT2D eigenvalue weighted by Crippen LogP contribution is 2.10. The standard InChI is InChI=1S/C23H37N5O6/c1-21(2,3)32-17(29)14-25-18(28-20(31)34-23(7,8)9)27-16-11-10-15(12-24-16)13-26-19(30)33-22(4,5)6/h10-12H,13-14H2,1-9H3,(H,26,30)(H2,24,25,27,28,31). The Bertz CT molecular complexity index is 877. The van der Waals surface area contributed by atoms with Crippen molar-refractivity contribution in [3.8, 4) is 0 Å².